The van der Waals surface area contributed by atoms with E-state index in [1.165, 1.54) is 4.68 Å². The summed E-state index contributed by atoms with van der Waals surface area (Å²) in [7, 11) is 3.58. The van der Waals surface area contributed by atoms with Gasteiger partial charge in [0.2, 0.25) is 5.91 Å². The summed E-state index contributed by atoms with van der Waals surface area (Å²) in [5, 5.41) is 9.54. The second-order valence-electron chi connectivity index (χ2n) is 5.78. The first-order chi connectivity index (χ1) is 11.5. The third-order valence-corrected chi connectivity index (χ3v) is 3.97. The van der Waals surface area contributed by atoms with Crippen LogP contribution in [0.15, 0.2) is 47.7 Å². The quantitative estimate of drug-likeness (QED) is 0.696. The maximum Gasteiger partial charge on any atom is 0.275 e. The van der Waals surface area contributed by atoms with Crippen LogP contribution in [0.2, 0.25) is 0 Å². The fourth-order valence-electron chi connectivity index (χ4n) is 2.51. The molecule has 124 valence electrons. The first-order valence-corrected chi connectivity index (χ1v) is 7.71. The van der Waals surface area contributed by atoms with Gasteiger partial charge in [0.1, 0.15) is 6.54 Å². The summed E-state index contributed by atoms with van der Waals surface area (Å²) < 4.78 is 2.95. The molecule has 1 amide bonds. The third-order valence-electron chi connectivity index (χ3n) is 3.97. The van der Waals surface area contributed by atoms with Crippen LogP contribution < -0.4 is 5.56 Å². The van der Waals surface area contributed by atoms with E-state index in [2.05, 4.69) is 10.2 Å². The smallest absolute Gasteiger partial charge is 0.275 e. The van der Waals surface area contributed by atoms with E-state index < -0.39 is 0 Å². The molecule has 7 heteroatoms. The van der Waals surface area contributed by atoms with Crippen LogP contribution in [0.4, 0.5) is 0 Å². The summed E-state index contributed by atoms with van der Waals surface area (Å²) in [6.07, 6.45) is 6.04. The van der Waals surface area contributed by atoms with E-state index in [9.17, 15) is 9.59 Å². The van der Waals surface area contributed by atoms with Crippen molar-refractivity contribution in [1.82, 2.24) is 24.5 Å². The molecule has 0 aliphatic carbocycles. The Morgan fingerprint density at radius 2 is 2.00 bits per heavy atom. The largest absolute Gasteiger partial charge is 0.344 e. The van der Waals surface area contributed by atoms with Crippen LogP contribution in [-0.4, -0.2) is 44.0 Å². The van der Waals surface area contributed by atoms with E-state index in [-0.39, 0.29) is 18.0 Å². The van der Waals surface area contributed by atoms with Crippen molar-refractivity contribution in [2.45, 2.75) is 13.0 Å². The monoisotopic (exact) mass is 325 g/mol. The van der Waals surface area contributed by atoms with Gasteiger partial charge in [-0.15, -0.1) is 0 Å². The minimum absolute atomic E-state index is 0.0623. The van der Waals surface area contributed by atoms with Gasteiger partial charge in [0.25, 0.3) is 5.56 Å². The number of hydrogen-bond acceptors (Lipinski definition) is 4. The standard InChI is InChI=1S/C17H19N5O2/c1-20(8-7-13-9-18-21(2)11-13)16(23)12-22-17(24)15-6-4-3-5-14(15)10-19-22/h3-6,9-11H,7-8,12H2,1-2H3. The van der Waals surface area contributed by atoms with E-state index in [0.29, 0.717) is 11.9 Å². The fourth-order valence-corrected chi connectivity index (χ4v) is 2.51. The van der Waals surface area contributed by atoms with Gasteiger partial charge >= 0.3 is 0 Å². The summed E-state index contributed by atoms with van der Waals surface area (Å²) in [6, 6.07) is 7.23. The zero-order valence-corrected chi connectivity index (χ0v) is 13.7. The average Bonchev–Trinajstić information content (AvgIpc) is 3.00. The van der Waals surface area contributed by atoms with E-state index in [4.69, 9.17) is 0 Å². The molecule has 2 heterocycles. The van der Waals surface area contributed by atoms with Crippen molar-refractivity contribution in [1.29, 1.82) is 0 Å². The molecule has 0 spiro atoms. The van der Waals surface area contributed by atoms with Gasteiger partial charge in [-0.2, -0.15) is 10.2 Å². The van der Waals surface area contributed by atoms with Gasteiger partial charge < -0.3 is 4.90 Å². The van der Waals surface area contributed by atoms with Gasteiger partial charge in [0, 0.05) is 32.2 Å². The zero-order chi connectivity index (χ0) is 17.1. The number of fused-ring (bicyclic) bond motifs is 1. The Morgan fingerprint density at radius 1 is 1.21 bits per heavy atom. The Kier molecular flexibility index (Phi) is 4.41. The predicted octanol–water partition coefficient (Wildman–Crippen LogP) is 0.831. The van der Waals surface area contributed by atoms with Crippen LogP contribution in [-0.2, 0) is 24.8 Å². The van der Waals surface area contributed by atoms with Gasteiger partial charge in [-0.1, -0.05) is 18.2 Å². The Balaban J connectivity index is 1.67. The third kappa shape index (κ3) is 3.34. The molecule has 0 saturated carbocycles. The Hall–Kier alpha value is -2.96. The van der Waals surface area contributed by atoms with Gasteiger partial charge in [-0.3, -0.25) is 14.3 Å². The molecule has 0 fully saturated rings. The molecule has 0 unspecified atom stereocenters. The highest BCUT2D eigenvalue weighted by molar-refractivity contribution is 5.81. The Morgan fingerprint density at radius 3 is 2.75 bits per heavy atom. The highest BCUT2D eigenvalue weighted by Crippen LogP contribution is 2.06. The lowest BCUT2D eigenvalue weighted by Crippen LogP contribution is -2.36. The van der Waals surface area contributed by atoms with Crippen LogP contribution in [0.1, 0.15) is 5.56 Å². The van der Waals surface area contributed by atoms with Crippen LogP contribution in [0.5, 0.6) is 0 Å². The van der Waals surface area contributed by atoms with Crippen molar-refractivity contribution < 1.29 is 4.79 Å². The predicted molar refractivity (Wildman–Crippen MR) is 90.6 cm³/mol. The first kappa shape index (κ1) is 15.9. The minimum Gasteiger partial charge on any atom is -0.344 e. The number of amides is 1. The molecule has 3 rings (SSSR count). The number of aryl methyl sites for hydroxylation is 1. The van der Waals surface area contributed by atoms with Crippen molar-refractivity contribution >= 4 is 16.7 Å². The number of carbonyl (C=O) groups is 1. The number of likely N-dealkylation sites (N-methyl/N-ethyl adjacent to an activating group) is 1. The van der Waals surface area contributed by atoms with Crippen molar-refractivity contribution in [3.05, 3.63) is 58.8 Å². The van der Waals surface area contributed by atoms with Gasteiger partial charge in [-0.25, -0.2) is 4.68 Å². The SMILES string of the molecule is CN(CCc1cnn(C)c1)C(=O)Cn1ncc2ccccc2c1=O. The molecule has 0 bridgehead atoms. The lowest BCUT2D eigenvalue weighted by Gasteiger charge is -2.17. The molecular formula is C17H19N5O2. The number of hydrogen-bond donors (Lipinski definition) is 0. The summed E-state index contributed by atoms with van der Waals surface area (Å²) >= 11 is 0. The summed E-state index contributed by atoms with van der Waals surface area (Å²) in [5.41, 5.74) is 0.820. The molecule has 0 aliphatic heterocycles. The van der Waals surface area contributed by atoms with Crippen molar-refractivity contribution in [3.63, 3.8) is 0 Å². The van der Waals surface area contributed by atoms with Crippen molar-refractivity contribution in [2.24, 2.45) is 7.05 Å². The molecule has 2 aromatic heterocycles. The van der Waals surface area contributed by atoms with E-state index in [1.807, 2.05) is 25.4 Å². The van der Waals surface area contributed by atoms with Crippen LogP contribution in [0.25, 0.3) is 10.8 Å². The molecule has 0 atom stereocenters. The van der Waals surface area contributed by atoms with E-state index in [0.717, 1.165) is 17.4 Å². The lowest BCUT2D eigenvalue weighted by atomic mass is 10.2. The summed E-state index contributed by atoms with van der Waals surface area (Å²) in [5.74, 6) is -0.149. The molecule has 24 heavy (non-hydrogen) atoms. The van der Waals surface area contributed by atoms with Gasteiger partial charge in [-0.05, 0) is 18.1 Å². The van der Waals surface area contributed by atoms with E-state index in [1.54, 1.807) is 41.2 Å². The normalized spacial score (nSPS) is 10.9. The molecule has 7 nitrogen and oxygen atoms in total. The molecular weight excluding hydrogens is 306 g/mol. The lowest BCUT2D eigenvalue weighted by molar-refractivity contribution is -0.130. The Labute approximate surface area is 139 Å². The Bertz CT molecular complexity index is 928. The highest BCUT2D eigenvalue weighted by Gasteiger charge is 2.12. The summed E-state index contributed by atoms with van der Waals surface area (Å²) in [6.45, 7) is 0.500. The van der Waals surface area contributed by atoms with E-state index >= 15 is 0 Å². The zero-order valence-electron chi connectivity index (χ0n) is 13.7. The maximum absolute atomic E-state index is 12.4. The number of nitrogens with zero attached hydrogens (tertiary/aromatic N) is 5. The van der Waals surface area contributed by atoms with Crippen LogP contribution in [0.3, 0.4) is 0 Å². The van der Waals surface area contributed by atoms with Gasteiger partial charge in [0.05, 0.1) is 17.8 Å². The molecule has 1 aromatic carbocycles. The topological polar surface area (TPSA) is 73.0 Å². The number of benzene rings is 1. The molecule has 3 aromatic rings. The van der Waals surface area contributed by atoms with Crippen LogP contribution >= 0.6 is 0 Å². The minimum atomic E-state index is -0.248. The molecule has 0 saturated heterocycles. The number of aromatic nitrogens is 4. The highest BCUT2D eigenvalue weighted by atomic mass is 16.2. The number of rotatable bonds is 5. The fraction of sp³-hybridized carbons (Fsp3) is 0.294. The number of carbonyl (C=O) groups excluding carboxylic acids is 1. The van der Waals surface area contributed by atoms with Crippen molar-refractivity contribution in [2.75, 3.05) is 13.6 Å². The van der Waals surface area contributed by atoms with Gasteiger partial charge in [0.15, 0.2) is 0 Å². The average molecular weight is 325 g/mol. The first-order valence-electron chi connectivity index (χ1n) is 7.71. The summed E-state index contributed by atoms with van der Waals surface area (Å²) in [4.78, 5) is 26.3. The second-order valence-corrected chi connectivity index (χ2v) is 5.78. The second kappa shape index (κ2) is 6.66. The molecule has 0 aliphatic rings. The van der Waals surface area contributed by atoms with Crippen LogP contribution in [0, 0.1) is 0 Å². The molecule has 0 N–H and O–H groups in total. The molecule has 0 radical (unpaired) electrons. The van der Waals surface area contributed by atoms with Crippen molar-refractivity contribution in [3.8, 4) is 0 Å². The maximum atomic E-state index is 12.4.